The van der Waals surface area contributed by atoms with Crippen LogP contribution in [0.1, 0.15) is 24.6 Å². The smallest absolute Gasteiger partial charge is 0.161 e. The van der Waals surface area contributed by atoms with Crippen LogP contribution in [0.15, 0.2) is 24.5 Å². The number of β-amino-alcohol motifs (C(OH)–C–C–N with tert-alkyl or cyclic N) is 1. The second-order valence-corrected chi connectivity index (χ2v) is 5.75. The number of aromatic nitrogens is 3. The normalized spacial score (nSPS) is 16.7. The van der Waals surface area contributed by atoms with Crippen LogP contribution in [0.3, 0.4) is 0 Å². The van der Waals surface area contributed by atoms with E-state index in [-0.39, 0.29) is 0 Å². The van der Waals surface area contributed by atoms with Gasteiger partial charge >= 0.3 is 0 Å². The van der Waals surface area contributed by atoms with E-state index in [0.29, 0.717) is 18.9 Å². The van der Waals surface area contributed by atoms with E-state index in [4.69, 9.17) is 4.98 Å². The molecule has 1 N–H and O–H groups in total. The summed E-state index contributed by atoms with van der Waals surface area (Å²) in [4.78, 5) is 15.4. The zero-order valence-electron chi connectivity index (χ0n) is 12.7. The summed E-state index contributed by atoms with van der Waals surface area (Å²) in [7, 11) is 0. The average molecular weight is 284 g/mol. The molecule has 1 aliphatic heterocycles. The molecule has 0 aromatic carbocycles. The Kier molecular flexibility index (Phi) is 3.37. The van der Waals surface area contributed by atoms with E-state index < -0.39 is 5.60 Å². The lowest BCUT2D eigenvalue weighted by molar-refractivity contribution is 0.00799. The van der Waals surface area contributed by atoms with Gasteiger partial charge in [-0.1, -0.05) is 6.92 Å². The van der Waals surface area contributed by atoms with Gasteiger partial charge in [-0.3, -0.25) is 4.98 Å². The molecule has 5 heteroatoms. The van der Waals surface area contributed by atoms with Crippen molar-refractivity contribution >= 4 is 5.82 Å². The molecular formula is C16H20N4O. The Bertz CT molecular complexity index is 651. The van der Waals surface area contributed by atoms with Gasteiger partial charge in [0.15, 0.2) is 5.82 Å². The predicted molar refractivity (Wildman–Crippen MR) is 82.2 cm³/mol. The minimum atomic E-state index is -0.567. The van der Waals surface area contributed by atoms with Crippen LogP contribution >= 0.6 is 0 Å². The topological polar surface area (TPSA) is 62.1 Å². The van der Waals surface area contributed by atoms with Crippen molar-refractivity contribution in [2.45, 2.75) is 32.8 Å². The summed E-state index contributed by atoms with van der Waals surface area (Å²) in [6, 6.07) is 3.82. The van der Waals surface area contributed by atoms with Crippen molar-refractivity contribution in [3.8, 4) is 11.4 Å². The van der Waals surface area contributed by atoms with E-state index in [1.165, 1.54) is 0 Å². The van der Waals surface area contributed by atoms with E-state index in [9.17, 15) is 5.11 Å². The Morgan fingerprint density at radius 1 is 1.19 bits per heavy atom. The highest BCUT2D eigenvalue weighted by Gasteiger charge is 2.40. The maximum Gasteiger partial charge on any atom is 0.161 e. The van der Waals surface area contributed by atoms with Crippen LogP contribution in [0.4, 0.5) is 5.82 Å². The molecule has 0 atom stereocenters. The fourth-order valence-corrected chi connectivity index (χ4v) is 2.59. The van der Waals surface area contributed by atoms with Crippen LogP contribution in [0, 0.1) is 13.8 Å². The molecule has 5 nitrogen and oxygen atoms in total. The lowest BCUT2D eigenvalue weighted by Gasteiger charge is -2.47. The molecule has 3 heterocycles. The maximum absolute atomic E-state index is 10.2. The van der Waals surface area contributed by atoms with Gasteiger partial charge in [0.25, 0.3) is 0 Å². The lowest BCUT2D eigenvalue weighted by Crippen LogP contribution is -2.62. The molecule has 0 radical (unpaired) electrons. The number of anilines is 1. The molecule has 0 spiro atoms. The molecule has 2 aromatic rings. The van der Waals surface area contributed by atoms with Gasteiger partial charge in [-0.25, -0.2) is 9.97 Å². The van der Waals surface area contributed by atoms with Crippen molar-refractivity contribution in [3.05, 3.63) is 35.8 Å². The molecular weight excluding hydrogens is 264 g/mol. The van der Waals surface area contributed by atoms with Gasteiger partial charge in [-0.05, 0) is 32.4 Å². The molecule has 0 bridgehead atoms. The first kappa shape index (κ1) is 13.9. The van der Waals surface area contributed by atoms with Gasteiger partial charge in [0.2, 0.25) is 0 Å². The zero-order chi connectivity index (χ0) is 15.0. The molecule has 0 unspecified atom stereocenters. The van der Waals surface area contributed by atoms with E-state index >= 15 is 0 Å². The first-order chi connectivity index (χ1) is 10.0. The Morgan fingerprint density at radius 2 is 1.86 bits per heavy atom. The summed E-state index contributed by atoms with van der Waals surface area (Å²) in [6.07, 6.45) is 4.25. The van der Waals surface area contributed by atoms with Gasteiger partial charge in [0.1, 0.15) is 5.82 Å². The fourth-order valence-electron chi connectivity index (χ4n) is 2.59. The summed E-state index contributed by atoms with van der Waals surface area (Å²) < 4.78 is 0. The summed E-state index contributed by atoms with van der Waals surface area (Å²) in [5.74, 6) is 1.63. The number of nitrogens with zero attached hydrogens (tertiary/aromatic N) is 4. The molecule has 0 saturated carbocycles. The van der Waals surface area contributed by atoms with Gasteiger partial charge in [-0.2, -0.15) is 0 Å². The Balaban J connectivity index is 1.96. The third-order valence-electron chi connectivity index (χ3n) is 4.23. The van der Waals surface area contributed by atoms with Gasteiger partial charge in [0, 0.05) is 42.3 Å². The highest BCUT2D eigenvalue weighted by molar-refractivity contribution is 5.61. The van der Waals surface area contributed by atoms with Crippen LogP contribution in [0.5, 0.6) is 0 Å². The Labute approximate surface area is 124 Å². The van der Waals surface area contributed by atoms with Crippen molar-refractivity contribution < 1.29 is 5.11 Å². The molecule has 21 heavy (non-hydrogen) atoms. The standard InChI is InChI=1S/C16H20N4O/c1-4-16(21)9-20(10-16)15-11(2)12(3)18-14(19-15)13-5-7-17-8-6-13/h5-8,21H,4,9-10H2,1-3H3. The average Bonchev–Trinajstić information content (AvgIpc) is 2.48. The van der Waals surface area contributed by atoms with Gasteiger partial charge in [-0.15, -0.1) is 0 Å². The predicted octanol–water partition coefficient (Wildman–Crippen LogP) is 2.12. The summed E-state index contributed by atoms with van der Waals surface area (Å²) in [6.45, 7) is 7.31. The SMILES string of the molecule is CCC1(O)CN(c2nc(-c3ccncc3)nc(C)c2C)C1. The summed E-state index contributed by atoms with van der Waals surface area (Å²) >= 11 is 0. The zero-order valence-corrected chi connectivity index (χ0v) is 12.7. The minimum absolute atomic E-state index is 0.567. The Morgan fingerprint density at radius 3 is 2.48 bits per heavy atom. The first-order valence-electron chi connectivity index (χ1n) is 7.25. The summed E-state index contributed by atoms with van der Waals surface area (Å²) in [5, 5.41) is 10.2. The third kappa shape index (κ3) is 2.49. The number of aryl methyl sites for hydroxylation is 1. The van der Waals surface area contributed by atoms with Gasteiger partial charge in [0.05, 0.1) is 5.60 Å². The van der Waals surface area contributed by atoms with Crippen molar-refractivity contribution in [2.24, 2.45) is 0 Å². The van der Waals surface area contributed by atoms with Crippen LogP contribution in [0.25, 0.3) is 11.4 Å². The Hall–Kier alpha value is -2.01. The fraction of sp³-hybridized carbons (Fsp3) is 0.438. The second kappa shape index (κ2) is 5.07. The van der Waals surface area contributed by atoms with Crippen LogP contribution in [-0.2, 0) is 0 Å². The van der Waals surface area contributed by atoms with Crippen molar-refractivity contribution in [3.63, 3.8) is 0 Å². The number of aliphatic hydroxyl groups is 1. The monoisotopic (exact) mass is 284 g/mol. The highest BCUT2D eigenvalue weighted by atomic mass is 16.3. The van der Waals surface area contributed by atoms with Crippen LogP contribution in [0.2, 0.25) is 0 Å². The maximum atomic E-state index is 10.2. The molecule has 0 aliphatic carbocycles. The quantitative estimate of drug-likeness (QED) is 0.935. The highest BCUT2D eigenvalue weighted by Crippen LogP contribution is 2.32. The molecule has 2 aromatic heterocycles. The molecule has 1 aliphatic rings. The molecule has 1 fully saturated rings. The van der Waals surface area contributed by atoms with Gasteiger partial charge < -0.3 is 10.0 Å². The molecule has 110 valence electrons. The number of pyridine rings is 1. The van der Waals surface area contributed by atoms with E-state index in [1.807, 2.05) is 32.9 Å². The first-order valence-corrected chi connectivity index (χ1v) is 7.25. The van der Waals surface area contributed by atoms with Crippen molar-refractivity contribution in [1.82, 2.24) is 15.0 Å². The third-order valence-corrected chi connectivity index (χ3v) is 4.23. The van der Waals surface area contributed by atoms with E-state index in [0.717, 1.165) is 29.1 Å². The number of hydrogen-bond donors (Lipinski definition) is 1. The number of hydrogen-bond acceptors (Lipinski definition) is 5. The van der Waals surface area contributed by atoms with Crippen molar-refractivity contribution in [1.29, 1.82) is 0 Å². The van der Waals surface area contributed by atoms with Crippen LogP contribution < -0.4 is 4.90 Å². The van der Waals surface area contributed by atoms with E-state index in [2.05, 4.69) is 14.9 Å². The van der Waals surface area contributed by atoms with Crippen LogP contribution in [-0.4, -0.2) is 38.7 Å². The molecule has 0 amide bonds. The molecule has 3 rings (SSSR count). The number of rotatable bonds is 3. The van der Waals surface area contributed by atoms with E-state index in [1.54, 1.807) is 12.4 Å². The minimum Gasteiger partial charge on any atom is -0.386 e. The summed E-state index contributed by atoms with van der Waals surface area (Å²) in [5.41, 5.74) is 2.44. The molecule has 1 saturated heterocycles. The second-order valence-electron chi connectivity index (χ2n) is 5.75. The van der Waals surface area contributed by atoms with Crippen molar-refractivity contribution in [2.75, 3.05) is 18.0 Å². The largest absolute Gasteiger partial charge is 0.386 e. The lowest BCUT2D eigenvalue weighted by atomic mass is 9.91.